The van der Waals surface area contributed by atoms with Gasteiger partial charge < -0.3 is 15.0 Å². The first-order valence-corrected chi connectivity index (χ1v) is 7.86. The Balaban J connectivity index is 1.44. The maximum atomic E-state index is 11.9. The number of aryl methyl sites for hydroxylation is 1. The summed E-state index contributed by atoms with van der Waals surface area (Å²) in [5.74, 6) is 0. The summed E-state index contributed by atoms with van der Waals surface area (Å²) in [6.45, 7) is 1.22. The van der Waals surface area contributed by atoms with Crippen molar-refractivity contribution in [2.75, 3.05) is 6.54 Å². The lowest BCUT2D eigenvalue weighted by molar-refractivity contribution is 0.139. The van der Waals surface area contributed by atoms with Gasteiger partial charge in [-0.25, -0.2) is 9.59 Å². The van der Waals surface area contributed by atoms with Crippen molar-refractivity contribution < 1.29 is 9.53 Å². The van der Waals surface area contributed by atoms with E-state index in [1.807, 2.05) is 54.6 Å². The Morgan fingerprint density at radius 3 is 2.67 bits per heavy atom. The Kier molecular flexibility index (Phi) is 4.96. The molecule has 0 bridgehead atoms. The van der Waals surface area contributed by atoms with Crippen LogP contribution in [0.25, 0.3) is 11.0 Å². The van der Waals surface area contributed by atoms with Crippen molar-refractivity contribution in [2.45, 2.75) is 19.6 Å². The molecule has 3 aromatic rings. The van der Waals surface area contributed by atoms with E-state index in [1.165, 1.54) is 0 Å². The van der Waals surface area contributed by atoms with Gasteiger partial charge in [0.25, 0.3) is 0 Å². The van der Waals surface area contributed by atoms with Gasteiger partial charge in [-0.15, -0.1) is 0 Å². The summed E-state index contributed by atoms with van der Waals surface area (Å²) in [5.41, 5.74) is 2.49. The Labute approximate surface area is 139 Å². The first-order valence-electron chi connectivity index (χ1n) is 7.86. The van der Waals surface area contributed by atoms with E-state index >= 15 is 0 Å². The molecule has 0 radical (unpaired) electrons. The van der Waals surface area contributed by atoms with Gasteiger partial charge >= 0.3 is 11.8 Å². The molecule has 2 aromatic carbocycles. The lowest BCUT2D eigenvalue weighted by atomic mass is 10.2. The van der Waals surface area contributed by atoms with E-state index in [1.54, 1.807) is 4.57 Å². The third kappa shape index (κ3) is 3.84. The minimum atomic E-state index is -0.454. The summed E-state index contributed by atoms with van der Waals surface area (Å²) in [7, 11) is 0. The van der Waals surface area contributed by atoms with E-state index in [9.17, 15) is 9.59 Å². The molecule has 6 nitrogen and oxygen atoms in total. The summed E-state index contributed by atoms with van der Waals surface area (Å²) in [4.78, 5) is 26.4. The molecule has 0 spiro atoms. The number of nitrogens with one attached hydrogen (secondary N) is 2. The monoisotopic (exact) mass is 325 g/mol. The number of para-hydroxylation sites is 2. The maximum Gasteiger partial charge on any atom is 0.407 e. The van der Waals surface area contributed by atoms with Crippen LogP contribution in [0.4, 0.5) is 4.79 Å². The number of aromatic amines is 1. The van der Waals surface area contributed by atoms with E-state index < -0.39 is 6.09 Å². The van der Waals surface area contributed by atoms with Crippen LogP contribution in [0.2, 0.25) is 0 Å². The molecular formula is C18H19N3O3. The Morgan fingerprint density at radius 1 is 1.08 bits per heavy atom. The number of carbonyl (C=O) groups excluding carboxylic acids is 1. The smallest absolute Gasteiger partial charge is 0.407 e. The number of fused-ring (bicyclic) bond motifs is 1. The Bertz CT molecular complexity index is 868. The number of hydrogen-bond acceptors (Lipinski definition) is 3. The molecule has 6 heteroatoms. The van der Waals surface area contributed by atoms with Crippen LogP contribution in [0.1, 0.15) is 12.0 Å². The number of aromatic nitrogens is 2. The van der Waals surface area contributed by atoms with Gasteiger partial charge in [0, 0.05) is 13.1 Å². The van der Waals surface area contributed by atoms with Gasteiger partial charge in [-0.2, -0.15) is 0 Å². The normalized spacial score (nSPS) is 10.7. The number of H-pyrrole nitrogens is 1. The van der Waals surface area contributed by atoms with Gasteiger partial charge in [0.15, 0.2) is 0 Å². The van der Waals surface area contributed by atoms with Gasteiger partial charge in [0.05, 0.1) is 11.0 Å². The molecule has 3 rings (SSSR count). The van der Waals surface area contributed by atoms with Crippen LogP contribution in [-0.2, 0) is 17.9 Å². The molecule has 0 aliphatic carbocycles. The number of carbonyl (C=O) groups is 1. The molecule has 0 aliphatic rings. The molecule has 24 heavy (non-hydrogen) atoms. The van der Waals surface area contributed by atoms with Crippen LogP contribution in [0, 0.1) is 0 Å². The van der Waals surface area contributed by atoms with E-state index in [-0.39, 0.29) is 12.3 Å². The zero-order valence-corrected chi connectivity index (χ0v) is 13.2. The first kappa shape index (κ1) is 15.9. The molecule has 0 saturated carbocycles. The van der Waals surface area contributed by atoms with Crippen molar-refractivity contribution in [1.29, 1.82) is 0 Å². The van der Waals surface area contributed by atoms with Crippen molar-refractivity contribution in [2.24, 2.45) is 0 Å². The molecule has 1 amide bonds. The van der Waals surface area contributed by atoms with Gasteiger partial charge in [-0.1, -0.05) is 42.5 Å². The fourth-order valence-electron chi connectivity index (χ4n) is 2.53. The first-order chi connectivity index (χ1) is 11.7. The zero-order valence-electron chi connectivity index (χ0n) is 13.2. The summed E-state index contributed by atoms with van der Waals surface area (Å²) in [6.07, 6.45) is 0.187. The third-order valence-corrected chi connectivity index (χ3v) is 3.72. The summed E-state index contributed by atoms with van der Waals surface area (Å²) in [5, 5.41) is 2.70. The zero-order chi connectivity index (χ0) is 16.8. The van der Waals surface area contributed by atoms with Gasteiger partial charge in [0.1, 0.15) is 6.61 Å². The van der Waals surface area contributed by atoms with Crippen LogP contribution in [0.15, 0.2) is 59.4 Å². The number of nitrogens with zero attached hydrogens (tertiary/aromatic N) is 1. The molecular weight excluding hydrogens is 306 g/mol. The Hall–Kier alpha value is -3.02. The van der Waals surface area contributed by atoms with Gasteiger partial charge in [0.2, 0.25) is 0 Å². The van der Waals surface area contributed by atoms with Gasteiger partial charge in [-0.05, 0) is 24.1 Å². The molecule has 0 saturated heterocycles. The fraction of sp³-hybridized carbons (Fsp3) is 0.222. The second kappa shape index (κ2) is 7.50. The highest BCUT2D eigenvalue weighted by atomic mass is 16.5. The molecule has 0 atom stereocenters. The third-order valence-electron chi connectivity index (χ3n) is 3.72. The standard InChI is InChI=1S/C18H19N3O3/c22-17-20-15-9-4-5-10-16(15)21(17)12-6-11-19-18(23)24-13-14-7-2-1-3-8-14/h1-5,7-10H,6,11-13H2,(H,19,23)(H,20,22). The van der Waals surface area contributed by atoms with Crippen molar-refractivity contribution in [3.05, 3.63) is 70.6 Å². The lowest BCUT2D eigenvalue weighted by Crippen LogP contribution is -2.27. The Morgan fingerprint density at radius 2 is 1.83 bits per heavy atom. The number of imidazole rings is 1. The highest BCUT2D eigenvalue weighted by Gasteiger charge is 2.06. The molecule has 1 heterocycles. The molecule has 0 aliphatic heterocycles. The SMILES string of the molecule is O=C(NCCCn1c(=O)[nH]c2ccccc21)OCc1ccccc1. The average Bonchev–Trinajstić information content (AvgIpc) is 2.93. The van der Waals surface area contributed by atoms with E-state index in [4.69, 9.17) is 4.74 Å². The molecule has 1 aromatic heterocycles. The van der Waals surface area contributed by atoms with Crippen LogP contribution >= 0.6 is 0 Å². The number of benzene rings is 2. The fourth-order valence-corrected chi connectivity index (χ4v) is 2.53. The molecule has 2 N–H and O–H groups in total. The quantitative estimate of drug-likeness (QED) is 0.684. The molecule has 124 valence electrons. The van der Waals surface area contributed by atoms with Crippen LogP contribution in [0.5, 0.6) is 0 Å². The van der Waals surface area contributed by atoms with Crippen LogP contribution in [0.3, 0.4) is 0 Å². The van der Waals surface area contributed by atoms with Crippen LogP contribution in [-0.4, -0.2) is 22.2 Å². The number of alkyl carbamates (subject to hydrolysis) is 1. The molecule has 0 unspecified atom stereocenters. The number of rotatable bonds is 6. The second-order valence-corrected chi connectivity index (χ2v) is 5.44. The minimum Gasteiger partial charge on any atom is -0.445 e. The lowest BCUT2D eigenvalue weighted by Gasteiger charge is -2.07. The summed E-state index contributed by atoms with van der Waals surface area (Å²) in [6, 6.07) is 17.0. The predicted octanol–water partition coefficient (Wildman–Crippen LogP) is 2.65. The molecule has 0 fully saturated rings. The van der Waals surface area contributed by atoms with Crippen molar-refractivity contribution in [3.63, 3.8) is 0 Å². The van der Waals surface area contributed by atoms with Crippen molar-refractivity contribution >= 4 is 17.1 Å². The predicted molar refractivity (Wildman–Crippen MR) is 91.8 cm³/mol. The average molecular weight is 325 g/mol. The number of hydrogen-bond donors (Lipinski definition) is 2. The van der Waals surface area contributed by atoms with Crippen LogP contribution < -0.4 is 11.0 Å². The highest BCUT2D eigenvalue weighted by Crippen LogP contribution is 2.09. The largest absolute Gasteiger partial charge is 0.445 e. The minimum absolute atomic E-state index is 0.136. The van der Waals surface area contributed by atoms with Crippen molar-refractivity contribution in [1.82, 2.24) is 14.9 Å². The van der Waals surface area contributed by atoms with Crippen molar-refractivity contribution in [3.8, 4) is 0 Å². The maximum absolute atomic E-state index is 11.9. The number of ether oxygens (including phenoxy) is 1. The topological polar surface area (TPSA) is 76.1 Å². The van der Waals surface area contributed by atoms with E-state index in [2.05, 4.69) is 10.3 Å². The van der Waals surface area contributed by atoms with Gasteiger partial charge in [-0.3, -0.25) is 4.57 Å². The number of amides is 1. The summed E-state index contributed by atoms with van der Waals surface area (Å²) >= 11 is 0. The van der Waals surface area contributed by atoms with E-state index in [0.717, 1.165) is 16.6 Å². The highest BCUT2D eigenvalue weighted by molar-refractivity contribution is 5.74. The summed E-state index contributed by atoms with van der Waals surface area (Å²) < 4.78 is 6.81. The second-order valence-electron chi connectivity index (χ2n) is 5.44. The van der Waals surface area contributed by atoms with E-state index in [0.29, 0.717) is 19.5 Å².